The number of pyridine rings is 1. The average molecular weight is 403 g/mol. The van der Waals surface area contributed by atoms with Gasteiger partial charge >= 0.3 is 0 Å². The SMILES string of the molecule is Cc1csc(C(NC2CC2)c2ncc(Br)cc2Br)n1. The highest BCUT2D eigenvalue weighted by Gasteiger charge is 2.29. The van der Waals surface area contributed by atoms with E-state index < -0.39 is 0 Å². The van der Waals surface area contributed by atoms with E-state index in [2.05, 4.69) is 52.5 Å². The molecule has 0 saturated heterocycles. The first-order valence-electron chi connectivity index (χ1n) is 6.12. The molecule has 3 nitrogen and oxygen atoms in total. The summed E-state index contributed by atoms with van der Waals surface area (Å²) < 4.78 is 1.98. The monoisotopic (exact) mass is 401 g/mol. The predicted molar refractivity (Wildman–Crippen MR) is 84.5 cm³/mol. The van der Waals surface area contributed by atoms with Crippen LogP contribution in [0.3, 0.4) is 0 Å². The van der Waals surface area contributed by atoms with Gasteiger partial charge in [-0.3, -0.25) is 4.98 Å². The van der Waals surface area contributed by atoms with Gasteiger partial charge in [-0.15, -0.1) is 11.3 Å². The normalized spacial score (nSPS) is 16.6. The second-order valence-electron chi connectivity index (χ2n) is 4.72. The fourth-order valence-electron chi connectivity index (χ4n) is 1.90. The number of nitrogens with one attached hydrogen (secondary N) is 1. The first-order chi connectivity index (χ1) is 9.13. The fourth-order valence-corrected chi connectivity index (χ4v) is 3.97. The van der Waals surface area contributed by atoms with E-state index in [9.17, 15) is 0 Å². The van der Waals surface area contributed by atoms with Crippen molar-refractivity contribution in [2.45, 2.75) is 31.8 Å². The van der Waals surface area contributed by atoms with Crippen LogP contribution in [0.4, 0.5) is 0 Å². The van der Waals surface area contributed by atoms with Gasteiger partial charge in [-0.2, -0.15) is 0 Å². The van der Waals surface area contributed by atoms with Crippen molar-refractivity contribution < 1.29 is 0 Å². The number of hydrogen-bond acceptors (Lipinski definition) is 4. The Labute approximate surface area is 133 Å². The van der Waals surface area contributed by atoms with Crippen molar-refractivity contribution in [2.24, 2.45) is 0 Å². The van der Waals surface area contributed by atoms with Gasteiger partial charge in [0.05, 0.1) is 5.69 Å². The minimum absolute atomic E-state index is 0.0775. The van der Waals surface area contributed by atoms with Gasteiger partial charge in [-0.25, -0.2) is 4.98 Å². The van der Waals surface area contributed by atoms with Crippen LogP contribution in [0, 0.1) is 6.92 Å². The molecule has 0 amide bonds. The molecule has 0 spiro atoms. The molecule has 1 N–H and O–H groups in total. The average Bonchev–Trinajstić information content (AvgIpc) is 3.08. The maximum atomic E-state index is 4.62. The highest BCUT2D eigenvalue weighted by Crippen LogP contribution is 2.33. The lowest BCUT2D eigenvalue weighted by Crippen LogP contribution is -2.25. The van der Waals surface area contributed by atoms with Gasteiger partial charge in [-0.05, 0) is 57.7 Å². The molecule has 0 aromatic carbocycles. The van der Waals surface area contributed by atoms with Crippen molar-refractivity contribution in [1.29, 1.82) is 0 Å². The fraction of sp³-hybridized carbons (Fsp3) is 0.385. The third-order valence-corrected chi connectivity index (χ3v) is 5.07. The molecule has 2 aromatic rings. The quantitative estimate of drug-likeness (QED) is 0.832. The van der Waals surface area contributed by atoms with Crippen LogP contribution in [0.5, 0.6) is 0 Å². The van der Waals surface area contributed by atoms with Gasteiger partial charge in [0.2, 0.25) is 0 Å². The number of halogens is 2. The van der Waals surface area contributed by atoms with Crippen molar-refractivity contribution in [2.75, 3.05) is 0 Å². The maximum absolute atomic E-state index is 4.62. The van der Waals surface area contributed by atoms with E-state index in [4.69, 9.17) is 0 Å². The minimum Gasteiger partial charge on any atom is -0.300 e. The number of aromatic nitrogens is 2. The topological polar surface area (TPSA) is 37.8 Å². The van der Waals surface area contributed by atoms with Gasteiger partial charge in [0.15, 0.2) is 0 Å². The Morgan fingerprint density at radius 3 is 2.79 bits per heavy atom. The van der Waals surface area contributed by atoms with E-state index in [0.717, 1.165) is 25.3 Å². The van der Waals surface area contributed by atoms with Crippen LogP contribution in [0.15, 0.2) is 26.6 Å². The van der Waals surface area contributed by atoms with Crippen LogP contribution in [0.2, 0.25) is 0 Å². The minimum atomic E-state index is 0.0775. The van der Waals surface area contributed by atoms with E-state index in [0.29, 0.717) is 6.04 Å². The van der Waals surface area contributed by atoms with Gasteiger partial charge in [0, 0.05) is 32.3 Å². The van der Waals surface area contributed by atoms with E-state index >= 15 is 0 Å². The molecule has 1 fully saturated rings. The maximum Gasteiger partial charge on any atom is 0.116 e. The Hall–Kier alpha value is -0.300. The van der Waals surface area contributed by atoms with Crippen LogP contribution in [-0.4, -0.2) is 16.0 Å². The van der Waals surface area contributed by atoms with Gasteiger partial charge in [0.1, 0.15) is 11.0 Å². The zero-order chi connectivity index (χ0) is 13.4. The molecule has 2 heterocycles. The highest BCUT2D eigenvalue weighted by atomic mass is 79.9. The second kappa shape index (κ2) is 5.60. The Balaban J connectivity index is 1.97. The third-order valence-electron chi connectivity index (χ3n) is 2.97. The molecule has 0 radical (unpaired) electrons. The molecule has 1 aliphatic carbocycles. The molecule has 1 atom stereocenters. The smallest absolute Gasteiger partial charge is 0.116 e. The number of hydrogen-bond donors (Lipinski definition) is 1. The lowest BCUT2D eigenvalue weighted by Gasteiger charge is -2.17. The van der Waals surface area contributed by atoms with E-state index in [1.165, 1.54) is 12.8 Å². The van der Waals surface area contributed by atoms with Crippen LogP contribution in [0.1, 0.15) is 35.3 Å². The second-order valence-corrected chi connectivity index (χ2v) is 7.38. The molecule has 3 rings (SSSR count). The van der Waals surface area contributed by atoms with Crippen LogP contribution < -0.4 is 5.32 Å². The van der Waals surface area contributed by atoms with Gasteiger partial charge in [-0.1, -0.05) is 0 Å². The Bertz CT molecular complexity index is 595. The summed E-state index contributed by atoms with van der Waals surface area (Å²) in [5.41, 5.74) is 2.07. The summed E-state index contributed by atoms with van der Waals surface area (Å²) in [6, 6.07) is 2.71. The van der Waals surface area contributed by atoms with Crippen molar-refractivity contribution in [3.8, 4) is 0 Å². The highest BCUT2D eigenvalue weighted by molar-refractivity contribution is 9.11. The molecular weight excluding hydrogens is 390 g/mol. The summed E-state index contributed by atoms with van der Waals surface area (Å²) in [5.74, 6) is 0. The summed E-state index contributed by atoms with van der Waals surface area (Å²) >= 11 is 8.74. The lowest BCUT2D eigenvalue weighted by atomic mass is 10.2. The molecule has 1 aliphatic rings. The molecule has 19 heavy (non-hydrogen) atoms. The molecule has 0 aliphatic heterocycles. The number of rotatable bonds is 4. The molecule has 1 unspecified atom stereocenters. The standard InChI is InChI=1S/C13H13Br2N3S/c1-7-6-19-13(17-7)12(18-9-2-3-9)11-10(15)4-8(14)5-16-11/h4-6,9,12,18H,2-3H2,1H3. The molecule has 6 heteroatoms. The third kappa shape index (κ3) is 3.24. The summed E-state index contributed by atoms with van der Waals surface area (Å²) in [7, 11) is 0. The molecular formula is C13H13Br2N3S. The summed E-state index contributed by atoms with van der Waals surface area (Å²) in [5, 5.41) is 6.81. The molecule has 2 aromatic heterocycles. The molecule has 0 bridgehead atoms. The van der Waals surface area contributed by atoms with Crippen LogP contribution in [-0.2, 0) is 0 Å². The van der Waals surface area contributed by atoms with E-state index in [1.54, 1.807) is 11.3 Å². The first kappa shape index (κ1) is 13.7. The Morgan fingerprint density at radius 2 is 2.21 bits per heavy atom. The summed E-state index contributed by atoms with van der Waals surface area (Å²) in [4.78, 5) is 9.17. The van der Waals surface area contributed by atoms with Gasteiger partial charge in [0.25, 0.3) is 0 Å². The van der Waals surface area contributed by atoms with Crippen molar-refractivity contribution in [3.63, 3.8) is 0 Å². The number of thiazole rings is 1. The van der Waals surface area contributed by atoms with Crippen molar-refractivity contribution >= 4 is 43.2 Å². The zero-order valence-electron chi connectivity index (χ0n) is 10.4. The molecule has 1 saturated carbocycles. The Morgan fingerprint density at radius 1 is 1.42 bits per heavy atom. The van der Waals surface area contributed by atoms with Crippen LogP contribution in [0.25, 0.3) is 0 Å². The molecule has 100 valence electrons. The van der Waals surface area contributed by atoms with E-state index in [-0.39, 0.29) is 6.04 Å². The van der Waals surface area contributed by atoms with Crippen molar-refractivity contribution in [3.05, 3.63) is 43.0 Å². The van der Waals surface area contributed by atoms with Crippen LogP contribution >= 0.6 is 43.2 Å². The Kier molecular flexibility index (Phi) is 4.03. The largest absolute Gasteiger partial charge is 0.300 e. The predicted octanol–water partition coefficient (Wildman–Crippen LogP) is 4.21. The summed E-state index contributed by atoms with van der Waals surface area (Å²) in [6.45, 7) is 2.03. The number of aryl methyl sites for hydroxylation is 1. The summed E-state index contributed by atoms with van der Waals surface area (Å²) in [6.07, 6.45) is 4.33. The first-order valence-corrected chi connectivity index (χ1v) is 8.59. The zero-order valence-corrected chi connectivity index (χ0v) is 14.3. The van der Waals surface area contributed by atoms with E-state index in [1.807, 2.05) is 19.2 Å². The van der Waals surface area contributed by atoms with Crippen molar-refractivity contribution in [1.82, 2.24) is 15.3 Å². The number of nitrogens with zero attached hydrogens (tertiary/aromatic N) is 2. The lowest BCUT2D eigenvalue weighted by molar-refractivity contribution is 0.582. The van der Waals surface area contributed by atoms with Gasteiger partial charge < -0.3 is 5.32 Å².